The van der Waals surface area contributed by atoms with Crippen LogP contribution in [0.4, 0.5) is 5.69 Å². The summed E-state index contributed by atoms with van der Waals surface area (Å²) in [7, 11) is 3.26. The predicted molar refractivity (Wildman–Crippen MR) is 155 cm³/mol. The van der Waals surface area contributed by atoms with Crippen LogP contribution in [-0.4, -0.2) is 38.4 Å². The number of nitrogens with zero attached hydrogens (tertiary/aromatic N) is 1. The van der Waals surface area contributed by atoms with Crippen molar-refractivity contribution in [1.29, 1.82) is 0 Å². The highest BCUT2D eigenvalue weighted by molar-refractivity contribution is 6.24. The lowest BCUT2D eigenvalue weighted by Gasteiger charge is -2.23. The molecule has 0 spiro atoms. The van der Waals surface area contributed by atoms with E-state index in [0.29, 0.717) is 23.6 Å². The summed E-state index contributed by atoms with van der Waals surface area (Å²) < 4.78 is 16.6. The summed E-state index contributed by atoms with van der Waals surface area (Å²) in [5, 5.41) is 0. The van der Waals surface area contributed by atoms with Crippen molar-refractivity contribution in [3.05, 3.63) is 101 Å². The van der Waals surface area contributed by atoms with E-state index in [9.17, 15) is 14.4 Å². The normalized spacial score (nSPS) is 22.2. The lowest BCUT2D eigenvalue weighted by molar-refractivity contribution is -0.123. The number of amides is 2. The first kappa shape index (κ1) is 26.6. The van der Waals surface area contributed by atoms with Crippen LogP contribution in [0.5, 0.6) is 17.2 Å². The molecule has 0 radical (unpaired) electrons. The molecule has 3 aliphatic rings. The minimum atomic E-state index is -0.533. The Kier molecular flexibility index (Phi) is 6.73. The monoisotopic (exact) mass is 549 g/mol. The number of ether oxygens (including phenoxy) is 3. The molecule has 1 aliphatic heterocycles. The van der Waals surface area contributed by atoms with E-state index >= 15 is 0 Å². The van der Waals surface area contributed by atoms with E-state index in [1.54, 1.807) is 32.4 Å². The Morgan fingerprint density at radius 1 is 0.756 bits per heavy atom. The molecule has 7 heteroatoms. The van der Waals surface area contributed by atoms with Crippen LogP contribution >= 0.6 is 0 Å². The Morgan fingerprint density at radius 2 is 1.24 bits per heavy atom. The highest BCUT2D eigenvalue weighted by Gasteiger charge is 2.62. The van der Waals surface area contributed by atoms with Gasteiger partial charge in [0.05, 0.1) is 38.3 Å². The first-order chi connectivity index (χ1) is 19.9. The molecule has 2 bridgehead atoms. The van der Waals surface area contributed by atoms with Gasteiger partial charge in [0.15, 0.2) is 5.78 Å². The Balaban J connectivity index is 1.46. The molecule has 208 valence electrons. The maximum atomic E-state index is 14.1. The molecule has 3 aromatic carbocycles. The van der Waals surface area contributed by atoms with E-state index in [0.717, 1.165) is 33.8 Å². The van der Waals surface area contributed by atoms with Gasteiger partial charge in [-0.25, -0.2) is 4.90 Å². The fraction of sp³-hybridized carbons (Fsp3) is 0.265. The van der Waals surface area contributed by atoms with Crippen molar-refractivity contribution in [2.75, 3.05) is 25.7 Å². The smallest absolute Gasteiger partial charge is 0.238 e. The van der Waals surface area contributed by atoms with Crippen molar-refractivity contribution in [3.8, 4) is 17.2 Å². The zero-order chi connectivity index (χ0) is 28.8. The number of carbonyl (C=O) groups excluding carboxylic acids is 3. The molecule has 2 amide bonds. The standard InChI is InChI=1S/C34H31NO6/c1-5-41-28-17-10-22(19(2)36)18-27(28)35-33(37)31-25-15-16-26(32(31)34(35)38)30(25)29(20-6-11-23(39-3)12-7-20)21-8-13-24(40-4)14-9-21/h6-18,25-26,31-32H,5H2,1-4H3/t25-,26-,31-,32-/m0/s1. The molecule has 1 saturated carbocycles. The third-order valence-corrected chi connectivity index (χ3v) is 8.37. The third-order valence-electron chi connectivity index (χ3n) is 8.37. The molecule has 2 fully saturated rings. The zero-order valence-corrected chi connectivity index (χ0v) is 23.4. The summed E-state index contributed by atoms with van der Waals surface area (Å²) in [4.78, 5) is 41.6. The number of carbonyl (C=O) groups is 3. The van der Waals surface area contributed by atoms with Gasteiger partial charge in [-0.15, -0.1) is 0 Å². The van der Waals surface area contributed by atoms with Crippen LogP contribution in [0.15, 0.2) is 84.5 Å². The number of benzene rings is 3. The average molecular weight is 550 g/mol. The second-order valence-electron chi connectivity index (χ2n) is 10.5. The topological polar surface area (TPSA) is 82.1 Å². The summed E-state index contributed by atoms with van der Waals surface area (Å²) in [6.07, 6.45) is 4.14. The molecule has 6 rings (SSSR count). The van der Waals surface area contributed by atoms with E-state index in [-0.39, 0.29) is 29.4 Å². The molecule has 0 N–H and O–H groups in total. The summed E-state index contributed by atoms with van der Waals surface area (Å²) in [6, 6.07) is 20.6. The van der Waals surface area contributed by atoms with Crippen LogP contribution < -0.4 is 19.1 Å². The van der Waals surface area contributed by atoms with Crippen LogP contribution in [0.25, 0.3) is 5.57 Å². The number of rotatable bonds is 8. The van der Waals surface area contributed by atoms with Crippen molar-refractivity contribution >= 4 is 28.9 Å². The minimum Gasteiger partial charge on any atom is -0.497 e. The van der Waals surface area contributed by atoms with E-state index in [1.165, 1.54) is 11.8 Å². The van der Waals surface area contributed by atoms with Gasteiger partial charge in [-0.1, -0.05) is 36.4 Å². The minimum absolute atomic E-state index is 0.149. The number of ketones is 1. The van der Waals surface area contributed by atoms with Gasteiger partial charge in [0, 0.05) is 17.4 Å². The number of Topliss-reactive ketones (excluding diaryl/α,β-unsaturated/α-hetero) is 1. The number of hydrogen-bond donors (Lipinski definition) is 0. The zero-order valence-electron chi connectivity index (χ0n) is 23.4. The summed E-state index contributed by atoms with van der Waals surface area (Å²) in [5.74, 6) is -0.318. The SMILES string of the molecule is CCOc1ccc(C(C)=O)cc1N1C(=O)[C@@H]2[C@@H](C1=O)[C@H]1C=C[C@H]2C1=C(c1ccc(OC)cc1)c1ccc(OC)cc1. The molecule has 1 saturated heterocycles. The maximum Gasteiger partial charge on any atom is 0.238 e. The summed E-state index contributed by atoms with van der Waals surface area (Å²) >= 11 is 0. The molecule has 4 atom stereocenters. The first-order valence-corrected chi connectivity index (χ1v) is 13.7. The predicted octanol–water partition coefficient (Wildman–Crippen LogP) is 5.73. The lowest BCUT2D eigenvalue weighted by Crippen LogP contribution is -2.34. The quantitative estimate of drug-likeness (QED) is 0.203. The van der Waals surface area contributed by atoms with Gasteiger partial charge < -0.3 is 14.2 Å². The number of anilines is 1. The van der Waals surface area contributed by atoms with Crippen LogP contribution in [0.2, 0.25) is 0 Å². The highest BCUT2D eigenvalue weighted by atomic mass is 16.5. The number of methoxy groups -OCH3 is 2. The van der Waals surface area contributed by atoms with Gasteiger partial charge in [-0.3, -0.25) is 14.4 Å². The molecule has 2 aliphatic carbocycles. The molecular weight excluding hydrogens is 518 g/mol. The lowest BCUT2D eigenvalue weighted by atomic mass is 9.85. The second kappa shape index (κ2) is 10.4. The van der Waals surface area contributed by atoms with Gasteiger partial charge in [-0.2, -0.15) is 0 Å². The van der Waals surface area contributed by atoms with Crippen molar-refractivity contribution in [1.82, 2.24) is 0 Å². The molecule has 0 aromatic heterocycles. The molecule has 3 aromatic rings. The van der Waals surface area contributed by atoms with Gasteiger partial charge in [0.1, 0.15) is 17.2 Å². The van der Waals surface area contributed by atoms with E-state index in [4.69, 9.17) is 14.2 Å². The molecule has 0 unspecified atom stereocenters. The van der Waals surface area contributed by atoms with E-state index in [1.807, 2.05) is 55.5 Å². The third kappa shape index (κ3) is 4.24. The fourth-order valence-electron chi connectivity index (χ4n) is 6.54. The summed E-state index contributed by atoms with van der Waals surface area (Å²) in [5.41, 5.74) is 4.79. The van der Waals surface area contributed by atoms with Crippen molar-refractivity contribution < 1.29 is 28.6 Å². The van der Waals surface area contributed by atoms with Crippen LogP contribution in [0, 0.1) is 23.7 Å². The highest BCUT2D eigenvalue weighted by Crippen LogP contribution is 2.59. The average Bonchev–Trinajstić information content (AvgIpc) is 3.63. The van der Waals surface area contributed by atoms with Gasteiger partial charge in [-0.05, 0) is 78.6 Å². The summed E-state index contributed by atoms with van der Waals surface area (Å²) in [6.45, 7) is 3.66. The first-order valence-electron chi connectivity index (χ1n) is 13.7. The van der Waals surface area contributed by atoms with Crippen molar-refractivity contribution in [2.45, 2.75) is 13.8 Å². The van der Waals surface area contributed by atoms with Gasteiger partial charge in [0.25, 0.3) is 0 Å². The number of hydrogen-bond acceptors (Lipinski definition) is 6. The number of allylic oxidation sites excluding steroid dienone is 3. The van der Waals surface area contributed by atoms with E-state index in [2.05, 4.69) is 12.2 Å². The van der Waals surface area contributed by atoms with Crippen molar-refractivity contribution in [2.24, 2.45) is 23.7 Å². The Labute approximate surface area is 239 Å². The number of imide groups is 1. The molecular formula is C34H31NO6. The second-order valence-corrected chi connectivity index (χ2v) is 10.5. The molecule has 1 heterocycles. The maximum absolute atomic E-state index is 14.1. The van der Waals surface area contributed by atoms with Crippen LogP contribution in [-0.2, 0) is 9.59 Å². The van der Waals surface area contributed by atoms with Gasteiger partial charge in [0.2, 0.25) is 11.8 Å². The Bertz CT molecular complexity index is 1520. The molecule has 7 nitrogen and oxygen atoms in total. The number of fused-ring (bicyclic) bond motifs is 5. The van der Waals surface area contributed by atoms with Gasteiger partial charge >= 0.3 is 0 Å². The van der Waals surface area contributed by atoms with Crippen LogP contribution in [0.1, 0.15) is 35.3 Å². The van der Waals surface area contributed by atoms with Crippen molar-refractivity contribution in [3.63, 3.8) is 0 Å². The Morgan fingerprint density at radius 3 is 1.68 bits per heavy atom. The Hall–Kier alpha value is -4.65. The molecule has 41 heavy (non-hydrogen) atoms. The fourth-order valence-corrected chi connectivity index (χ4v) is 6.54. The van der Waals surface area contributed by atoms with E-state index < -0.39 is 11.8 Å². The van der Waals surface area contributed by atoms with Crippen LogP contribution in [0.3, 0.4) is 0 Å². The largest absolute Gasteiger partial charge is 0.497 e.